The average Bonchev–Trinajstić information content (AvgIpc) is 3.59. The number of carbonyl (C=O) groups is 1. The predicted octanol–water partition coefficient (Wildman–Crippen LogP) is 7.17. The zero-order valence-corrected chi connectivity index (χ0v) is 22.8. The molecule has 0 saturated carbocycles. The Labute approximate surface area is 241 Å². The number of hydrogen-bond acceptors (Lipinski definition) is 6. The Morgan fingerprint density at radius 1 is 1.02 bits per heavy atom. The molecule has 1 saturated heterocycles. The van der Waals surface area contributed by atoms with E-state index in [4.69, 9.17) is 9.47 Å². The number of halogens is 6. The van der Waals surface area contributed by atoms with Crippen molar-refractivity contribution in [1.82, 2.24) is 9.88 Å². The highest BCUT2D eigenvalue weighted by Crippen LogP contribution is 2.39. The molecule has 0 spiro atoms. The van der Waals surface area contributed by atoms with E-state index >= 15 is 0 Å². The first-order valence-electron chi connectivity index (χ1n) is 12.7. The molecular formula is C29H23F6N3O3S. The molecule has 5 rings (SSSR count). The molecule has 1 aromatic heterocycles. The van der Waals surface area contributed by atoms with E-state index < -0.39 is 41.6 Å². The molecule has 2 aromatic carbocycles. The molecule has 0 aliphatic carbocycles. The van der Waals surface area contributed by atoms with E-state index in [1.807, 2.05) is 18.2 Å². The summed E-state index contributed by atoms with van der Waals surface area (Å²) < 4.78 is 90.2. The number of rotatable bonds is 6. The molecule has 3 aromatic rings. The molecule has 3 heterocycles. The minimum Gasteiger partial charge on any atom is -0.493 e. The second-order valence-electron chi connectivity index (χ2n) is 9.56. The highest BCUT2D eigenvalue weighted by Gasteiger charge is 2.38. The van der Waals surface area contributed by atoms with Crippen molar-refractivity contribution in [2.24, 2.45) is 4.99 Å². The molecule has 0 radical (unpaired) electrons. The van der Waals surface area contributed by atoms with Crippen LogP contribution >= 0.6 is 11.8 Å². The Morgan fingerprint density at radius 3 is 2.52 bits per heavy atom. The maximum atomic E-state index is 13.5. The lowest BCUT2D eigenvalue weighted by molar-refractivity contribution is -0.143. The number of ether oxygens (including phenoxy) is 2. The van der Waals surface area contributed by atoms with Gasteiger partial charge in [-0.1, -0.05) is 18.2 Å². The number of aliphatic imine (C=N–C) groups is 1. The number of hydrogen-bond donors (Lipinski definition) is 0. The zero-order chi connectivity index (χ0) is 30.1. The van der Waals surface area contributed by atoms with Crippen LogP contribution in [0.1, 0.15) is 40.3 Å². The van der Waals surface area contributed by atoms with Gasteiger partial charge in [0.15, 0.2) is 16.7 Å². The number of pyridine rings is 1. The molecule has 0 bridgehead atoms. The summed E-state index contributed by atoms with van der Waals surface area (Å²) in [4.78, 5) is 23.7. The molecule has 1 fully saturated rings. The number of benzene rings is 2. The Kier molecular flexibility index (Phi) is 8.22. The molecule has 2 aliphatic heterocycles. The number of amidine groups is 1. The Morgan fingerprint density at radius 2 is 1.83 bits per heavy atom. The van der Waals surface area contributed by atoms with Crippen LogP contribution in [0, 0.1) is 0 Å². The minimum absolute atomic E-state index is 0.0681. The van der Waals surface area contributed by atoms with E-state index in [1.165, 1.54) is 24.9 Å². The van der Waals surface area contributed by atoms with Gasteiger partial charge in [0.2, 0.25) is 0 Å². The van der Waals surface area contributed by atoms with Crippen molar-refractivity contribution in [2.75, 3.05) is 20.2 Å². The number of alkyl halides is 6. The van der Waals surface area contributed by atoms with Crippen molar-refractivity contribution >= 4 is 28.9 Å². The monoisotopic (exact) mass is 607 g/mol. The highest BCUT2D eigenvalue weighted by atomic mass is 32.2. The minimum atomic E-state index is -5.01. The summed E-state index contributed by atoms with van der Waals surface area (Å²) in [6, 6.07) is 11.7. The number of thioether (sulfide) groups is 1. The number of carbonyl (C=O) groups excluding carboxylic acids is 1. The molecule has 13 heteroatoms. The van der Waals surface area contributed by atoms with E-state index in [0.29, 0.717) is 28.2 Å². The van der Waals surface area contributed by atoms with Crippen LogP contribution in [0.15, 0.2) is 70.7 Å². The first kappa shape index (κ1) is 29.5. The van der Waals surface area contributed by atoms with Gasteiger partial charge in [0.1, 0.15) is 6.61 Å². The van der Waals surface area contributed by atoms with Gasteiger partial charge in [-0.05, 0) is 66.2 Å². The maximum absolute atomic E-state index is 13.5. The molecule has 6 nitrogen and oxygen atoms in total. The van der Waals surface area contributed by atoms with Crippen LogP contribution in [-0.4, -0.2) is 41.2 Å². The fraction of sp³-hybridized carbons (Fsp3) is 0.276. The van der Waals surface area contributed by atoms with Gasteiger partial charge in [0.05, 0.1) is 23.1 Å². The summed E-state index contributed by atoms with van der Waals surface area (Å²) in [5.41, 5.74) is -1.75. The van der Waals surface area contributed by atoms with Crippen LogP contribution in [0.4, 0.5) is 26.3 Å². The molecule has 1 atom stereocenters. The third kappa shape index (κ3) is 6.56. The molecule has 0 N–H and O–H groups in total. The van der Waals surface area contributed by atoms with E-state index in [0.717, 1.165) is 24.7 Å². The first-order valence-corrected chi connectivity index (χ1v) is 13.5. The number of likely N-dealkylation sites (tertiary alicyclic amines) is 1. The zero-order valence-electron chi connectivity index (χ0n) is 22.0. The summed E-state index contributed by atoms with van der Waals surface area (Å²) in [5.74, 6) is 0.0913. The van der Waals surface area contributed by atoms with Gasteiger partial charge in [-0.3, -0.25) is 9.78 Å². The van der Waals surface area contributed by atoms with Gasteiger partial charge in [-0.15, -0.1) is 0 Å². The normalized spacial score (nSPS) is 18.5. The highest BCUT2D eigenvalue weighted by molar-refractivity contribution is 8.18. The lowest BCUT2D eigenvalue weighted by atomic mass is 10.0. The average molecular weight is 608 g/mol. The number of methoxy groups -OCH3 is 1. The fourth-order valence-electron chi connectivity index (χ4n) is 4.67. The molecule has 2 aliphatic rings. The maximum Gasteiger partial charge on any atom is 0.416 e. The van der Waals surface area contributed by atoms with Crippen molar-refractivity contribution < 1.29 is 40.6 Å². The summed E-state index contributed by atoms with van der Waals surface area (Å²) in [7, 11) is 1.33. The van der Waals surface area contributed by atoms with Crippen molar-refractivity contribution in [1.29, 1.82) is 0 Å². The van der Waals surface area contributed by atoms with Crippen LogP contribution in [0.2, 0.25) is 0 Å². The van der Waals surface area contributed by atoms with E-state index in [1.54, 1.807) is 24.4 Å². The largest absolute Gasteiger partial charge is 0.493 e. The van der Waals surface area contributed by atoms with Crippen molar-refractivity contribution in [3.63, 3.8) is 0 Å². The fourth-order valence-corrected chi connectivity index (χ4v) is 5.62. The number of amides is 1. The van der Waals surface area contributed by atoms with Crippen molar-refractivity contribution in [3.05, 3.63) is 93.6 Å². The molecular weight excluding hydrogens is 584 g/mol. The van der Waals surface area contributed by atoms with Crippen LogP contribution in [0.5, 0.6) is 11.5 Å². The SMILES string of the molecule is COc1cc(/C=C2\SC(N3CCC(c4ccccn4)C3)=NC2=O)ccc1OCc1ccc(C(F)(F)F)cc1C(F)(F)F. The molecule has 220 valence electrons. The standard InChI is InChI=1S/C29H23F6N3O3S/c1-40-24-12-17(5-8-23(24)41-16-19-6-7-20(28(30,31)32)14-21(19)29(33,34)35)13-25-26(39)37-27(42-25)38-11-9-18(15-38)22-4-2-3-10-36-22/h2-8,10,12-14,18H,9,11,15-16H2,1H3/b25-13-. The lowest BCUT2D eigenvalue weighted by Crippen LogP contribution is -2.24. The number of aromatic nitrogens is 1. The second-order valence-corrected chi connectivity index (χ2v) is 10.6. The molecule has 1 unspecified atom stereocenters. The van der Waals surface area contributed by atoms with Gasteiger partial charge < -0.3 is 14.4 Å². The van der Waals surface area contributed by atoms with Crippen LogP contribution < -0.4 is 9.47 Å². The van der Waals surface area contributed by atoms with Gasteiger partial charge >= 0.3 is 12.4 Å². The smallest absolute Gasteiger partial charge is 0.416 e. The lowest BCUT2D eigenvalue weighted by Gasteiger charge is -2.17. The summed E-state index contributed by atoms with van der Waals surface area (Å²) in [6.07, 6.45) is -5.67. The Hall–Kier alpha value is -4.00. The Bertz CT molecular complexity index is 1540. The van der Waals surface area contributed by atoms with Crippen LogP contribution in [0.3, 0.4) is 0 Å². The third-order valence-corrected chi connectivity index (χ3v) is 7.83. The van der Waals surface area contributed by atoms with E-state index in [9.17, 15) is 31.1 Å². The summed E-state index contributed by atoms with van der Waals surface area (Å²) >= 11 is 1.25. The second kappa shape index (κ2) is 11.7. The van der Waals surface area contributed by atoms with Crippen LogP contribution in [0.25, 0.3) is 6.08 Å². The third-order valence-electron chi connectivity index (χ3n) is 6.79. The van der Waals surface area contributed by atoms with Gasteiger partial charge in [-0.25, -0.2) is 0 Å². The van der Waals surface area contributed by atoms with Crippen molar-refractivity contribution in [2.45, 2.75) is 31.3 Å². The van der Waals surface area contributed by atoms with Gasteiger partial charge in [0, 0.05) is 36.5 Å². The van der Waals surface area contributed by atoms with Gasteiger partial charge in [-0.2, -0.15) is 31.3 Å². The van der Waals surface area contributed by atoms with Crippen LogP contribution in [-0.2, 0) is 23.8 Å². The quantitative estimate of drug-likeness (QED) is 0.219. The number of nitrogens with zero attached hydrogens (tertiary/aromatic N) is 3. The predicted molar refractivity (Wildman–Crippen MR) is 145 cm³/mol. The van der Waals surface area contributed by atoms with E-state index in [2.05, 4.69) is 14.9 Å². The molecule has 42 heavy (non-hydrogen) atoms. The van der Waals surface area contributed by atoms with Crippen molar-refractivity contribution in [3.8, 4) is 11.5 Å². The van der Waals surface area contributed by atoms with Gasteiger partial charge in [0.25, 0.3) is 5.91 Å². The Balaban J connectivity index is 1.27. The summed E-state index contributed by atoms with van der Waals surface area (Å²) in [5, 5.41) is 0.605. The molecule has 1 amide bonds. The topological polar surface area (TPSA) is 64.0 Å². The van der Waals surface area contributed by atoms with E-state index in [-0.39, 0.29) is 23.5 Å². The summed E-state index contributed by atoms with van der Waals surface area (Å²) in [6.45, 7) is 0.783. The first-order chi connectivity index (χ1) is 19.9.